The van der Waals surface area contributed by atoms with Gasteiger partial charge in [-0.05, 0) is 144 Å². The second-order valence-electron chi connectivity index (χ2n) is 17.8. The van der Waals surface area contributed by atoms with Crippen molar-refractivity contribution >= 4 is 5.57 Å². The van der Waals surface area contributed by atoms with E-state index in [-0.39, 0.29) is 0 Å². The van der Waals surface area contributed by atoms with Crippen LogP contribution in [0.25, 0.3) is 95.4 Å². The second kappa shape index (κ2) is 15.9. The van der Waals surface area contributed by atoms with Crippen molar-refractivity contribution in [2.24, 2.45) is 0 Å². The van der Waals surface area contributed by atoms with Crippen LogP contribution in [0.3, 0.4) is 0 Å². The average Bonchev–Trinajstić information content (AvgIpc) is 3.88. The normalized spacial score (nSPS) is 13.9. The monoisotopic (exact) mass is 853 g/mol. The van der Waals surface area contributed by atoms with Crippen LogP contribution in [-0.4, -0.2) is 15.0 Å². The molecule has 0 saturated heterocycles. The summed E-state index contributed by atoms with van der Waals surface area (Å²) in [4.78, 5) is 16.5. The highest BCUT2D eigenvalue weighted by Crippen LogP contribution is 2.63. The van der Waals surface area contributed by atoms with Crippen molar-refractivity contribution in [2.45, 2.75) is 18.3 Å². The Hall–Kier alpha value is -8.53. The van der Waals surface area contributed by atoms with E-state index in [9.17, 15) is 0 Å². The molecule has 0 N–H and O–H groups in total. The molecule has 0 fully saturated rings. The van der Waals surface area contributed by atoms with Crippen molar-refractivity contribution in [3.05, 3.63) is 264 Å². The van der Waals surface area contributed by atoms with Crippen LogP contribution in [0.1, 0.15) is 35.1 Å². The van der Waals surface area contributed by atoms with Gasteiger partial charge in [-0.15, -0.1) is 0 Å². The molecule has 1 aromatic heterocycles. The highest BCUT2D eigenvalue weighted by atomic mass is 15.0. The molecule has 314 valence electrons. The summed E-state index contributed by atoms with van der Waals surface area (Å²) in [6.07, 6.45) is 6.73. The zero-order valence-corrected chi connectivity index (χ0v) is 36.8. The van der Waals surface area contributed by atoms with Crippen molar-refractivity contribution < 1.29 is 0 Å². The molecule has 1 spiro atoms. The molecule has 13 rings (SSSR count). The van der Waals surface area contributed by atoms with Crippen molar-refractivity contribution in [1.29, 1.82) is 0 Å². The zero-order chi connectivity index (χ0) is 44.3. The standard InChI is InChI=1S/C64H43N3/c1-5-19-42(20-6-1)47-35-48(43-21-7-2-8-22-43)38-51(37-47)62-65-61(66-63(67-62)52-39-49(44-23-9-3-10-24-44)36-50(40-52)45-25-11-4-12-26-45)46-33-34-56-55-29-15-18-32-59(55)64(60(56)41-46)57-30-16-13-27-53(57)54-28-14-17-31-58(54)64/h1-17,19-31,33-41H,18,32H2. The molecule has 0 saturated carbocycles. The Labute approximate surface area is 391 Å². The number of allylic oxidation sites excluding steroid dienone is 4. The van der Waals surface area contributed by atoms with Crippen LogP contribution in [0.15, 0.2) is 242 Å². The number of hydrogen-bond acceptors (Lipinski definition) is 3. The largest absolute Gasteiger partial charge is 0.208 e. The van der Waals surface area contributed by atoms with Crippen LogP contribution in [0.4, 0.5) is 0 Å². The van der Waals surface area contributed by atoms with Gasteiger partial charge in [-0.3, -0.25) is 0 Å². The van der Waals surface area contributed by atoms with Crippen LogP contribution in [0, 0.1) is 0 Å². The fourth-order valence-corrected chi connectivity index (χ4v) is 11.0. The Morgan fingerprint density at radius 2 is 0.687 bits per heavy atom. The van der Waals surface area contributed by atoms with Crippen LogP contribution in [-0.2, 0) is 5.41 Å². The molecule has 9 aromatic carbocycles. The molecule has 3 aliphatic rings. The van der Waals surface area contributed by atoms with Gasteiger partial charge < -0.3 is 0 Å². The summed E-state index contributed by atoms with van der Waals surface area (Å²) in [7, 11) is 0. The van der Waals surface area contributed by atoms with E-state index in [1.165, 1.54) is 44.5 Å². The first-order valence-corrected chi connectivity index (χ1v) is 23.2. The third-order valence-corrected chi connectivity index (χ3v) is 14.0. The van der Waals surface area contributed by atoms with Crippen LogP contribution < -0.4 is 0 Å². The topological polar surface area (TPSA) is 38.7 Å². The van der Waals surface area contributed by atoms with Crippen molar-refractivity contribution in [1.82, 2.24) is 15.0 Å². The van der Waals surface area contributed by atoms with E-state index in [0.29, 0.717) is 17.5 Å². The van der Waals surface area contributed by atoms with Gasteiger partial charge in [0.15, 0.2) is 17.5 Å². The van der Waals surface area contributed by atoms with E-state index < -0.39 is 5.41 Å². The van der Waals surface area contributed by atoms with Gasteiger partial charge in [0.25, 0.3) is 0 Å². The summed E-state index contributed by atoms with van der Waals surface area (Å²) in [5.41, 5.74) is 22.0. The molecule has 3 nitrogen and oxygen atoms in total. The maximum absolute atomic E-state index is 5.50. The molecule has 0 amide bonds. The fourth-order valence-electron chi connectivity index (χ4n) is 11.0. The van der Waals surface area contributed by atoms with Gasteiger partial charge in [0.1, 0.15) is 0 Å². The van der Waals surface area contributed by atoms with E-state index in [0.717, 1.165) is 74.0 Å². The van der Waals surface area contributed by atoms with Crippen molar-refractivity contribution in [3.8, 4) is 89.8 Å². The molecule has 3 aliphatic carbocycles. The van der Waals surface area contributed by atoms with Gasteiger partial charge in [0.2, 0.25) is 0 Å². The summed E-state index contributed by atoms with van der Waals surface area (Å²) in [5.74, 6) is 1.87. The first-order chi connectivity index (χ1) is 33.2. The Bertz CT molecular complexity index is 3300. The van der Waals surface area contributed by atoms with Crippen LogP contribution in [0.5, 0.6) is 0 Å². The minimum absolute atomic E-state index is 0.416. The van der Waals surface area contributed by atoms with Gasteiger partial charge >= 0.3 is 0 Å². The minimum atomic E-state index is -0.416. The van der Waals surface area contributed by atoms with E-state index in [4.69, 9.17) is 15.0 Å². The molecule has 0 radical (unpaired) electrons. The minimum Gasteiger partial charge on any atom is -0.208 e. The molecule has 3 heteroatoms. The lowest BCUT2D eigenvalue weighted by molar-refractivity contribution is 0.714. The quantitative estimate of drug-likeness (QED) is 0.160. The molecular formula is C64H43N3. The Balaban J connectivity index is 1.07. The summed E-state index contributed by atoms with van der Waals surface area (Å²) in [5, 5.41) is 0. The molecule has 67 heavy (non-hydrogen) atoms. The number of nitrogens with zero attached hydrogens (tertiary/aromatic N) is 3. The maximum Gasteiger partial charge on any atom is 0.164 e. The number of aromatic nitrogens is 3. The van der Waals surface area contributed by atoms with Gasteiger partial charge in [-0.2, -0.15) is 0 Å². The molecule has 10 aromatic rings. The lowest BCUT2D eigenvalue weighted by Crippen LogP contribution is -2.27. The molecule has 0 unspecified atom stereocenters. The first-order valence-electron chi connectivity index (χ1n) is 23.2. The Morgan fingerprint density at radius 1 is 0.299 bits per heavy atom. The van der Waals surface area contributed by atoms with Gasteiger partial charge in [0.05, 0.1) is 5.41 Å². The smallest absolute Gasteiger partial charge is 0.164 e. The highest BCUT2D eigenvalue weighted by Gasteiger charge is 2.52. The number of benzene rings is 9. The second-order valence-corrected chi connectivity index (χ2v) is 17.8. The first kappa shape index (κ1) is 38.9. The SMILES string of the molecule is C1=CC2=C(CC1)C1(c3cc(-c4nc(-c5cc(-c6ccccc6)cc(-c6ccccc6)c5)nc(-c5cc(-c6ccccc6)cc(-c6ccccc6)c5)n4)ccc32)c2ccccc2-c2ccccc21. The van der Waals surface area contributed by atoms with E-state index in [1.54, 1.807) is 0 Å². The number of fused-ring (bicyclic) bond motifs is 9. The Kier molecular flexibility index (Phi) is 9.21. The predicted molar refractivity (Wildman–Crippen MR) is 275 cm³/mol. The van der Waals surface area contributed by atoms with Crippen molar-refractivity contribution in [2.75, 3.05) is 0 Å². The molecule has 0 bridgehead atoms. The summed E-state index contributed by atoms with van der Waals surface area (Å²) in [6, 6.07) is 80.9. The predicted octanol–water partition coefficient (Wildman–Crippen LogP) is 16.0. The highest BCUT2D eigenvalue weighted by molar-refractivity contribution is 5.98. The third-order valence-electron chi connectivity index (χ3n) is 14.0. The van der Waals surface area contributed by atoms with Crippen LogP contribution >= 0.6 is 0 Å². The fraction of sp³-hybridized carbons (Fsp3) is 0.0469. The molecule has 0 atom stereocenters. The van der Waals surface area contributed by atoms with E-state index >= 15 is 0 Å². The third kappa shape index (κ3) is 6.46. The summed E-state index contributed by atoms with van der Waals surface area (Å²) >= 11 is 0. The maximum atomic E-state index is 5.50. The van der Waals surface area contributed by atoms with E-state index in [2.05, 4.69) is 237 Å². The van der Waals surface area contributed by atoms with Gasteiger partial charge in [-0.1, -0.05) is 194 Å². The van der Waals surface area contributed by atoms with Gasteiger partial charge in [0, 0.05) is 16.7 Å². The number of rotatable bonds is 7. The van der Waals surface area contributed by atoms with Crippen LogP contribution in [0.2, 0.25) is 0 Å². The number of hydrogen-bond donors (Lipinski definition) is 0. The molecular weight excluding hydrogens is 811 g/mol. The van der Waals surface area contributed by atoms with Crippen molar-refractivity contribution in [3.63, 3.8) is 0 Å². The summed E-state index contributed by atoms with van der Waals surface area (Å²) < 4.78 is 0. The Morgan fingerprint density at radius 3 is 1.13 bits per heavy atom. The molecule has 1 heterocycles. The summed E-state index contributed by atoms with van der Waals surface area (Å²) in [6.45, 7) is 0. The lowest BCUT2D eigenvalue weighted by atomic mass is 9.68. The zero-order valence-electron chi connectivity index (χ0n) is 36.8. The van der Waals surface area contributed by atoms with E-state index in [1.807, 2.05) is 0 Å². The lowest BCUT2D eigenvalue weighted by Gasteiger charge is -2.33. The molecule has 0 aliphatic heterocycles. The average molecular weight is 854 g/mol. The van der Waals surface area contributed by atoms with Gasteiger partial charge in [-0.25, -0.2) is 15.0 Å².